The highest BCUT2D eigenvalue weighted by Crippen LogP contribution is 2.30. The van der Waals surface area contributed by atoms with E-state index in [1.807, 2.05) is 0 Å². The van der Waals surface area contributed by atoms with E-state index in [-0.39, 0.29) is 0 Å². The molecule has 1 aliphatic carbocycles. The minimum atomic E-state index is -1.37. The summed E-state index contributed by atoms with van der Waals surface area (Å²) in [5.41, 5.74) is 11.3. The van der Waals surface area contributed by atoms with Gasteiger partial charge in [0.2, 0.25) is 0 Å². The van der Waals surface area contributed by atoms with Crippen molar-refractivity contribution < 1.29 is 39.4 Å². The maximum absolute atomic E-state index is 12.1. The highest BCUT2D eigenvalue weighted by atomic mass is 16.7. The molecular weight excluding hydrogens is 386 g/mol. The van der Waals surface area contributed by atoms with Gasteiger partial charge in [-0.15, -0.1) is 0 Å². The minimum Gasteiger partial charge on any atom is -0.444 e. The van der Waals surface area contributed by atoms with Gasteiger partial charge in [0, 0.05) is 18.0 Å². The van der Waals surface area contributed by atoms with Gasteiger partial charge < -0.3 is 51.4 Å². The van der Waals surface area contributed by atoms with Crippen molar-refractivity contribution in [2.75, 3.05) is 6.61 Å². The molecule has 2 aliphatic rings. The van der Waals surface area contributed by atoms with E-state index in [9.17, 15) is 25.2 Å². The summed E-state index contributed by atoms with van der Waals surface area (Å²) in [7, 11) is 0. The lowest BCUT2D eigenvalue weighted by Gasteiger charge is -2.46. The number of ether oxygens (including phenoxy) is 3. The first-order chi connectivity index (χ1) is 13.4. The van der Waals surface area contributed by atoms with Crippen LogP contribution in [-0.2, 0) is 14.2 Å². The average Bonchev–Trinajstić information content (AvgIpc) is 2.61. The normalized spacial score (nSPS) is 43.7. The van der Waals surface area contributed by atoms with Crippen LogP contribution in [0.1, 0.15) is 34.1 Å². The van der Waals surface area contributed by atoms with Gasteiger partial charge in [-0.1, -0.05) is 6.92 Å². The number of nitrogens with one attached hydrogen (secondary N) is 1. The van der Waals surface area contributed by atoms with Crippen molar-refractivity contribution in [3.05, 3.63) is 0 Å². The monoisotopic (exact) mass is 421 g/mol. The first-order valence-corrected chi connectivity index (χ1v) is 9.82. The highest BCUT2D eigenvalue weighted by molar-refractivity contribution is 5.68. The second-order valence-electron chi connectivity index (χ2n) is 8.89. The van der Waals surface area contributed by atoms with Crippen LogP contribution < -0.4 is 16.8 Å². The number of alkyl carbamates (subject to hydrolysis) is 1. The smallest absolute Gasteiger partial charge is 0.407 e. The summed E-state index contributed by atoms with van der Waals surface area (Å²) in [4.78, 5) is 12.1. The molecule has 1 saturated heterocycles. The van der Waals surface area contributed by atoms with Gasteiger partial charge in [0.1, 0.15) is 30.0 Å². The van der Waals surface area contributed by atoms with Gasteiger partial charge in [0.05, 0.1) is 18.8 Å². The molecule has 11 nitrogen and oxygen atoms in total. The number of hydrogen-bond acceptors (Lipinski definition) is 10. The van der Waals surface area contributed by atoms with Gasteiger partial charge in [-0.3, -0.25) is 0 Å². The Bertz CT molecular complexity index is 558. The lowest BCUT2D eigenvalue weighted by atomic mass is 9.78. The fourth-order valence-corrected chi connectivity index (χ4v) is 3.65. The molecule has 9 N–H and O–H groups in total. The van der Waals surface area contributed by atoms with Crippen LogP contribution in [0.3, 0.4) is 0 Å². The van der Waals surface area contributed by atoms with Gasteiger partial charge in [0.25, 0.3) is 0 Å². The number of aliphatic hydroxyl groups excluding tert-OH is 4. The maximum Gasteiger partial charge on any atom is 0.407 e. The topological polar surface area (TPSA) is 190 Å². The Morgan fingerprint density at radius 2 is 1.79 bits per heavy atom. The van der Waals surface area contributed by atoms with Crippen LogP contribution in [0.15, 0.2) is 0 Å². The Morgan fingerprint density at radius 3 is 2.34 bits per heavy atom. The molecule has 1 heterocycles. The molecule has 10 atom stereocenters. The fraction of sp³-hybridized carbons (Fsp3) is 0.944. The van der Waals surface area contributed by atoms with E-state index in [1.165, 1.54) is 0 Å². The molecule has 2 rings (SSSR count). The third kappa shape index (κ3) is 5.76. The summed E-state index contributed by atoms with van der Waals surface area (Å²) in [6, 6.07) is -2.23. The van der Waals surface area contributed by atoms with E-state index in [0.717, 1.165) is 0 Å². The zero-order valence-corrected chi connectivity index (χ0v) is 17.3. The largest absolute Gasteiger partial charge is 0.444 e. The van der Waals surface area contributed by atoms with Crippen LogP contribution in [-0.4, -0.2) is 93.7 Å². The Kier molecular flexibility index (Phi) is 7.85. The number of amides is 1. The lowest BCUT2D eigenvalue weighted by Crippen LogP contribution is -2.66. The highest BCUT2D eigenvalue weighted by Gasteiger charge is 2.48. The van der Waals surface area contributed by atoms with E-state index in [2.05, 4.69) is 5.32 Å². The van der Waals surface area contributed by atoms with Gasteiger partial charge in [-0.25, -0.2) is 4.79 Å². The molecule has 11 heteroatoms. The molecule has 170 valence electrons. The third-order valence-electron chi connectivity index (χ3n) is 5.39. The zero-order valence-electron chi connectivity index (χ0n) is 17.3. The predicted octanol–water partition coefficient (Wildman–Crippen LogP) is -2.24. The van der Waals surface area contributed by atoms with E-state index in [1.54, 1.807) is 27.7 Å². The Balaban J connectivity index is 2.02. The van der Waals surface area contributed by atoms with Crippen LogP contribution in [0, 0.1) is 5.92 Å². The standard InChI is InChI=1S/C18H35N3O8/c1-7-9(21-17(26)29-18(2,3)4)5-8(19)15(12(7)23)28-16-14(25)11(20)13(24)10(6-22)27-16/h7-16,22-25H,5-6,19-20H2,1-4H3,(H,21,26)/t7?,8-,9+,10-,11+,12+,13-,14-,15+,16-/m1/s1. The molecule has 29 heavy (non-hydrogen) atoms. The van der Waals surface area contributed by atoms with Crippen molar-refractivity contribution in [2.24, 2.45) is 17.4 Å². The van der Waals surface area contributed by atoms with Crippen molar-refractivity contribution in [3.8, 4) is 0 Å². The third-order valence-corrected chi connectivity index (χ3v) is 5.39. The molecule has 0 aromatic carbocycles. The molecule has 2 fully saturated rings. The van der Waals surface area contributed by atoms with Crippen LogP contribution in [0.4, 0.5) is 4.79 Å². The number of nitrogens with two attached hydrogens (primary N) is 2. The van der Waals surface area contributed by atoms with Crippen molar-refractivity contribution in [1.29, 1.82) is 0 Å². The van der Waals surface area contributed by atoms with Crippen LogP contribution in [0.25, 0.3) is 0 Å². The SMILES string of the molecule is CC1[C@@H](NC(=O)OC(C)(C)C)C[C@@H](N)[C@H](O[C@H]2O[C@H](CO)[C@@H](O)[C@H](N)[C@H]2O)[C@H]1O. The summed E-state index contributed by atoms with van der Waals surface area (Å²) >= 11 is 0. The number of rotatable bonds is 4. The molecule has 0 bridgehead atoms. The van der Waals surface area contributed by atoms with E-state index in [4.69, 9.17) is 25.7 Å². The van der Waals surface area contributed by atoms with Gasteiger partial charge in [-0.2, -0.15) is 0 Å². The fourth-order valence-electron chi connectivity index (χ4n) is 3.65. The molecule has 0 aromatic rings. The second kappa shape index (κ2) is 9.40. The first kappa shape index (κ1) is 24.2. The predicted molar refractivity (Wildman–Crippen MR) is 102 cm³/mol. The van der Waals surface area contributed by atoms with Crippen LogP contribution in [0.2, 0.25) is 0 Å². The Morgan fingerprint density at radius 1 is 1.17 bits per heavy atom. The summed E-state index contributed by atoms with van der Waals surface area (Å²) in [6.07, 6.45) is -7.25. The van der Waals surface area contributed by atoms with Gasteiger partial charge in [-0.05, 0) is 27.2 Å². The van der Waals surface area contributed by atoms with Crippen molar-refractivity contribution in [3.63, 3.8) is 0 Å². The molecule has 1 amide bonds. The molecule has 1 aliphatic heterocycles. The van der Waals surface area contributed by atoms with Crippen LogP contribution >= 0.6 is 0 Å². The molecule has 1 saturated carbocycles. The van der Waals surface area contributed by atoms with E-state index in [0.29, 0.717) is 6.42 Å². The van der Waals surface area contributed by atoms with Crippen molar-refractivity contribution in [2.45, 2.75) is 94.7 Å². The summed E-state index contributed by atoms with van der Waals surface area (Å²) < 4.78 is 16.4. The van der Waals surface area contributed by atoms with Crippen molar-refractivity contribution >= 4 is 6.09 Å². The van der Waals surface area contributed by atoms with E-state index >= 15 is 0 Å². The van der Waals surface area contributed by atoms with Crippen LogP contribution in [0.5, 0.6) is 0 Å². The summed E-state index contributed by atoms with van der Waals surface area (Å²) in [5, 5.41) is 43.0. The first-order valence-electron chi connectivity index (χ1n) is 9.82. The summed E-state index contributed by atoms with van der Waals surface area (Å²) in [6.45, 7) is 6.46. The number of carbonyl (C=O) groups is 1. The maximum atomic E-state index is 12.1. The Labute approximate surface area is 170 Å². The van der Waals surface area contributed by atoms with E-state index < -0.39 is 79.2 Å². The van der Waals surface area contributed by atoms with Gasteiger partial charge in [0.15, 0.2) is 6.29 Å². The summed E-state index contributed by atoms with van der Waals surface area (Å²) in [5.74, 6) is -0.430. The minimum absolute atomic E-state index is 0.295. The molecule has 0 radical (unpaired) electrons. The van der Waals surface area contributed by atoms with Crippen molar-refractivity contribution in [1.82, 2.24) is 5.32 Å². The molecule has 0 spiro atoms. The van der Waals surface area contributed by atoms with Gasteiger partial charge >= 0.3 is 6.09 Å². The quantitative estimate of drug-likeness (QED) is 0.261. The average molecular weight is 421 g/mol. The Hall–Kier alpha value is -1.05. The number of aliphatic hydroxyl groups is 4. The number of carbonyl (C=O) groups excluding carboxylic acids is 1. The molecule has 1 unspecified atom stereocenters. The molecule has 0 aromatic heterocycles. The second-order valence-corrected chi connectivity index (χ2v) is 8.89. The lowest BCUT2D eigenvalue weighted by molar-refractivity contribution is -0.302. The number of hydrogen-bond donors (Lipinski definition) is 7. The molecular formula is C18H35N3O8. The zero-order chi connectivity index (χ0) is 22.1.